The lowest BCUT2D eigenvalue weighted by Crippen LogP contribution is -2.24. The summed E-state index contributed by atoms with van der Waals surface area (Å²) in [5, 5.41) is 0. The van der Waals surface area contributed by atoms with E-state index in [4.69, 9.17) is 0 Å². The van der Waals surface area contributed by atoms with E-state index in [2.05, 4.69) is 20.9 Å². The van der Waals surface area contributed by atoms with Crippen LogP contribution in [0.2, 0.25) is 0 Å². The Balaban J connectivity index is 2.69. The van der Waals surface area contributed by atoms with Gasteiger partial charge in [-0.05, 0) is 40.9 Å². The number of allylic oxidation sites excluding steroid dienone is 2. The minimum absolute atomic E-state index is 0.00952. The molecule has 0 N–H and O–H groups in total. The van der Waals surface area contributed by atoms with Gasteiger partial charge in [0.1, 0.15) is 5.69 Å². The Morgan fingerprint density at radius 1 is 1.18 bits per heavy atom. The average Bonchev–Trinajstić information content (AvgIpc) is 2.25. The van der Waals surface area contributed by atoms with Gasteiger partial charge in [0.05, 0.1) is 10.0 Å². The summed E-state index contributed by atoms with van der Waals surface area (Å²) in [5.74, 6) is -0.295. The van der Waals surface area contributed by atoms with Crippen LogP contribution < -0.4 is 0 Å². The summed E-state index contributed by atoms with van der Waals surface area (Å²) in [5.41, 5.74) is 1.94. The van der Waals surface area contributed by atoms with E-state index in [-0.39, 0.29) is 23.2 Å². The predicted octanol–water partition coefficient (Wildman–Crippen LogP) is 3.07. The number of pyridine rings is 1. The van der Waals surface area contributed by atoms with Gasteiger partial charge in [-0.1, -0.05) is 13.8 Å². The minimum Gasteiger partial charge on any atom is -0.289 e. The molecule has 0 unspecified atom stereocenters. The van der Waals surface area contributed by atoms with Crippen LogP contribution in [0, 0.1) is 12.8 Å². The predicted molar refractivity (Wildman–Crippen MR) is 68.4 cm³/mol. The number of aromatic nitrogens is 1. The molecule has 17 heavy (non-hydrogen) atoms. The highest BCUT2D eigenvalue weighted by Crippen LogP contribution is 2.32. The van der Waals surface area contributed by atoms with E-state index in [9.17, 15) is 9.59 Å². The lowest BCUT2D eigenvalue weighted by atomic mass is 9.87. The molecule has 0 aliphatic heterocycles. The van der Waals surface area contributed by atoms with E-state index >= 15 is 0 Å². The zero-order chi connectivity index (χ0) is 12.7. The fourth-order valence-corrected chi connectivity index (χ4v) is 2.73. The van der Waals surface area contributed by atoms with Crippen molar-refractivity contribution in [1.82, 2.24) is 4.98 Å². The summed E-state index contributed by atoms with van der Waals surface area (Å²) in [4.78, 5) is 28.5. The van der Waals surface area contributed by atoms with Crippen LogP contribution in [0.25, 0.3) is 0 Å². The van der Waals surface area contributed by atoms with Crippen LogP contribution >= 0.6 is 15.9 Å². The van der Waals surface area contributed by atoms with Gasteiger partial charge in [0.25, 0.3) is 0 Å². The fraction of sp³-hybridized carbons (Fsp3) is 0.308. The first-order chi connectivity index (χ1) is 7.93. The first-order valence-electron chi connectivity index (χ1n) is 5.40. The molecule has 0 spiro atoms. The van der Waals surface area contributed by atoms with Gasteiger partial charge in [0.2, 0.25) is 5.78 Å². The van der Waals surface area contributed by atoms with E-state index < -0.39 is 0 Å². The summed E-state index contributed by atoms with van der Waals surface area (Å²) in [6.07, 6.45) is 0. The largest absolute Gasteiger partial charge is 0.289 e. The number of fused-ring (bicyclic) bond motifs is 1. The quantitative estimate of drug-likeness (QED) is 0.799. The van der Waals surface area contributed by atoms with Crippen molar-refractivity contribution >= 4 is 27.5 Å². The third kappa shape index (κ3) is 1.86. The van der Waals surface area contributed by atoms with Crippen molar-refractivity contribution in [2.45, 2.75) is 20.8 Å². The van der Waals surface area contributed by atoms with Crippen LogP contribution in [-0.4, -0.2) is 16.6 Å². The van der Waals surface area contributed by atoms with Gasteiger partial charge in [-0.15, -0.1) is 0 Å². The van der Waals surface area contributed by atoms with E-state index in [1.165, 1.54) is 0 Å². The van der Waals surface area contributed by atoms with E-state index in [1.54, 1.807) is 19.1 Å². The van der Waals surface area contributed by atoms with Gasteiger partial charge < -0.3 is 0 Å². The molecule has 0 saturated carbocycles. The smallest absolute Gasteiger partial charge is 0.219 e. The van der Waals surface area contributed by atoms with Crippen molar-refractivity contribution < 1.29 is 9.59 Å². The Kier molecular flexibility index (Phi) is 3.00. The van der Waals surface area contributed by atoms with Gasteiger partial charge in [0.15, 0.2) is 5.78 Å². The average molecular weight is 294 g/mol. The van der Waals surface area contributed by atoms with Crippen molar-refractivity contribution in [3.63, 3.8) is 0 Å². The van der Waals surface area contributed by atoms with Gasteiger partial charge >= 0.3 is 0 Å². The number of aryl methyl sites for hydroxylation is 1. The SMILES string of the molecule is Cc1ccc2c(n1)C(=O)C(Br)=C(C(C)C)C2=O. The number of rotatable bonds is 1. The van der Waals surface area contributed by atoms with Gasteiger partial charge in [0, 0.05) is 11.3 Å². The second-order valence-electron chi connectivity index (χ2n) is 4.39. The van der Waals surface area contributed by atoms with Crippen LogP contribution in [-0.2, 0) is 0 Å². The third-order valence-electron chi connectivity index (χ3n) is 2.75. The second kappa shape index (κ2) is 4.18. The maximum Gasteiger partial charge on any atom is 0.219 e. The molecule has 2 rings (SSSR count). The van der Waals surface area contributed by atoms with E-state index in [1.807, 2.05) is 13.8 Å². The number of halogens is 1. The summed E-state index contributed by atoms with van der Waals surface area (Å²) >= 11 is 3.22. The molecule has 0 fully saturated rings. The van der Waals surface area contributed by atoms with E-state index in [0.717, 1.165) is 5.69 Å². The first-order valence-corrected chi connectivity index (χ1v) is 6.19. The van der Waals surface area contributed by atoms with Gasteiger partial charge in [-0.2, -0.15) is 0 Å². The zero-order valence-electron chi connectivity index (χ0n) is 9.87. The molecule has 0 aromatic carbocycles. The number of hydrogen-bond acceptors (Lipinski definition) is 3. The molecule has 1 aromatic heterocycles. The Morgan fingerprint density at radius 2 is 1.82 bits per heavy atom. The van der Waals surface area contributed by atoms with E-state index in [0.29, 0.717) is 15.6 Å². The normalized spacial score (nSPS) is 15.6. The molecule has 88 valence electrons. The monoisotopic (exact) mass is 293 g/mol. The molecule has 1 aliphatic carbocycles. The molecule has 0 bridgehead atoms. The molecule has 0 atom stereocenters. The summed E-state index contributed by atoms with van der Waals surface area (Å²) in [6.45, 7) is 5.59. The second-order valence-corrected chi connectivity index (χ2v) is 5.18. The van der Waals surface area contributed by atoms with Crippen molar-refractivity contribution in [2.75, 3.05) is 0 Å². The highest BCUT2D eigenvalue weighted by atomic mass is 79.9. The van der Waals surface area contributed by atoms with Gasteiger partial charge in [-0.25, -0.2) is 4.98 Å². The number of carbonyl (C=O) groups excluding carboxylic acids is 2. The molecule has 1 aromatic rings. The summed E-state index contributed by atoms with van der Waals surface area (Å²) in [7, 11) is 0. The molecule has 1 heterocycles. The molecule has 0 saturated heterocycles. The Hall–Kier alpha value is -1.29. The van der Waals surface area contributed by atoms with Crippen molar-refractivity contribution in [3.05, 3.63) is 39.1 Å². The number of Topliss-reactive ketones (excluding diaryl/α,β-unsaturated/α-hetero) is 2. The lowest BCUT2D eigenvalue weighted by Gasteiger charge is -2.19. The number of carbonyl (C=O) groups is 2. The molecular weight excluding hydrogens is 282 g/mol. The zero-order valence-corrected chi connectivity index (χ0v) is 11.5. The van der Waals surface area contributed by atoms with Crippen LogP contribution in [0.1, 0.15) is 40.4 Å². The van der Waals surface area contributed by atoms with Crippen LogP contribution in [0.4, 0.5) is 0 Å². The first kappa shape index (κ1) is 12.2. The highest BCUT2D eigenvalue weighted by Gasteiger charge is 2.33. The lowest BCUT2D eigenvalue weighted by molar-refractivity contribution is 0.0971. The Morgan fingerprint density at radius 3 is 2.41 bits per heavy atom. The molecule has 0 radical (unpaired) electrons. The fourth-order valence-electron chi connectivity index (χ4n) is 1.90. The molecule has 0 amide bonds. The van der Waals surface area contributed by atoms with Crippen LogP contribution in [0.3, 0.4) is 0 Å². The van der Waals surface area contributed by atoms with Gasteiger partial charge in [-0.3, -0.25) is 9.59 Å². The maximum atomic E-state index is 12.2. The minimum atomic E-state index is -0.202. The maximum absolute atomic E-state index is 12.2. The van der Waals surface area contributed by atoms with Crippen LogP contribution in [0.5, 0.6) is 0 Å². The number of ketones is 2. The topological polar surface area (TPSA) is 47.0 Å². The van der Waals surface area contributed by atoms with Crippen LogP contribution in [0.15, 0.2) is 22.2 Å². The molecule has 3 nitrogen and oxygen atoms in total. The molecule has 1 aliphatic rings. The van der Waals surface area contributed by atoms with Crippen molar-refractivity contribution in [2.24, 2.45) is 5.92 Å². The summed E-state index contributed by atoms with van der Waals surface area (Å²) in [6, 6.07) is 3.43. The standard InChI is InChI=1S/C13H12BrNO2/c1-6(2)9-10(14)13(17)11-8(12(9)16)5-4-7(3)15-11/h4-6H,1-3H3. The van der Waals surface area contributed by atoms with Crippen molar-refractivity contribution in [3.8, 4) is 0 Å². The highest BCUT2D eigenvalue weighted by molar-refractivity contribution is 9.12. The number of nitrogens with zero attached hydrogens (tertiary/aromatic N) is 1. The molecule has 4 heteroatoms. The number of hydrogen-bond donors (Lipinski definition) is 0. The summed E-state index contributed by atoms with van der Waals surface area (Å²) < 4.78 is 0.350. The molecular formula is C13H12BrNO2. The Labute approximate surface area is 108 Å². The van der Waals surface area contributed by atoms with Crippen molar-refractivity contribution in [1.29, 1.82) is 0 Å². The third-order valence-corrected chi connectivity index (χ3v) is 3.54. The Bertz CT molecular complexity index is 559.